The average molecular weight is 375 g/mol. The van der Waals surface area contributed by atoms with E-state index < -0.39 is 0 Å². The maximum Gasteiger partial charge on any atom is 0.261 e. The molecule has 0 bridgehead atoms. The average Bonchev–Trinajstić information content (AvgIpc) is 3.22. The first-order valence-corrected chi connectivity index (χ1v) is 9.07. The van der Waals surface area contributed by atoms with Crippen molar-refractivity contribution < 1.29 is 14.0 Å². The minimum Gasteiger partial charge on any atom is -0.342 e. The molecule has 0 unspecified atom stereocenters. The zero-order valence-electron chi connectivity index (χ0n) is 13.2. The van der Waals surface area contributed by atoms with Crippen LogP contribution < -0.4 is 10.6 Å². The second kappa shape index (κ2) is 7.54. The summed E-state index contributed by atoms with van der Waals surface area (Å²) in [5, 5.41) is 7.31. The van der Waals surface area contributed by atoms with Crippen LogP contribution in [-0.2, 0) is 4.79 Å². The van der Waals surface area contributed by atoms with E-state index in [1.165, 1.54) is 34.8 Å². The molecule has 5 nitrogen and oxygen atoms in total. The molecule has 25 heavy (non-hydrogen) atoms. The summed E-state index contributed by atoms with van der Waals surface area (Å²) in [5.41, 5.74) is 1.22. The van der Waals surface area contributed by atoms with E-state index in [1.54, 1.807) is 23.6 Å². The standard InChI is InChI=1S/C17H14FN3O2S2/c1-10-5-6-14(25-10)16(23)19-8-15(22)21-17-20-13(9-24-17)11-3-2-4-12(18)7-11/h2-7,9H,8H2,1H3,(H,19,23)(H,20,21,22). The Hall–Kier alpha value is -2.58. The van der Waals surface area contributed by atoms with Crippen molar-refractivity contribution in [3.63, 3.8) is 0 Å². The smallest absolute Gasteiger partial charge is 0.261 e. The monoisotopic (exact) mass is 375 g/mol. The molecule has 0 aliphatic carbocycles. The number of benzene rings is 1. The second-order valence-corrected chi connectivity index (χ2v) is 7.34. The van der Waals surface area contributed by atoms with Crippen LogP contribution in [0.3, 0.4) is 0 Å². The Kier molecular flexibility index (Phi) is 5.20. The molecule has 0 aliphatic rings. The van der Waals surface area contributed by atoms with Crippen LogP contribution in [0.4, 0.5) is 9.52 Å². The minimum absolute atomic E-state index is 0.148. The van der Waals surface area contributed by atoms with Crippen molar-refractivity contribution in [2.24, 2.45) is 0 Å². The Labute approximate surface area is 151 Å². The molecule has 0 atom stereocenters. The van der Waals surface area contributed by atoms with Crippen molar-refractivity contribution in [2.75, 3.05) is 11.9 Å². The largest absolute Gasteiger partial charge is 0.342 e. The van der Waals surface area contributed by atoms with E-state index in [4.69, 9.17) is 0 Å². The summed E-state index contributed by atoms with van der Waals surface area (Å²) >= 11 is 2.61. The van der Waals surface area contributed by atoms with Crippen LogP contribution in [0.25, 0.3) is 11.3 Å². The van der Waals surface area contributed by atoms with E-state index >= 15 is 0 Å². The molecule has 0 radical (unpaired) electrons. The quantitative estimate of drug-likeness (QED) is 0.714. The molecule has 2 aromatic heterocycles. The molecule has 0 saturated heterocycles. The van der Waals surface area contributed by atoms with Crippen LogP contribution in [0.1, 0.15) is 14.5 Å². The van der Waals surface area contributed by atoms with E-state index in [1.807, 2.05) is 13.0 Å². The summed E-state index contributed by atoms with van der Waals surface area (Å²) in [7, 11) is 0. The van der Waals surface area contributed by atoms with Gasteiger partial charge in [0.05, 0.1) is 17.1 Å². The third-order valence-corrected chi connectivity index (χ3v) is 5.00. The van der Waals surface area contributed by atoms with Crippen molar-refractivity contribution in [2.45, 2.75) is 6.92 Å². The molecule has 8 heteroatoms. The first-order valence-electron chi connectivity index (χ1n) is 7.37. The van der Waals surface area contributed by atoms with Gasteiger partial charge in [-0.2, -0.15) is 0 Å². The fraction of sp³-hybridized carbons (Fsp3) is 0.118. The van der Waals surface area contributed by atoms with Gasteiger partial charge in [0.25, 0.3) is 5.91 Å². The number of nitrogens with one attached hydrogen (secondary N) is 2. The number of carbonyl (C=O) groups excluding carboxylic acids is 2. The normalized spacial score (nSPS) is 10.5. The molecule has 2 heterocycles. The molecule has 128 valence electrons. The van der Waals surface area contributed by atoms with Gasteiger partial charge in [-0.1, -0.05) is 12.1 Å². The Morgan fingerprint density at radius 2 is 2.08 bits per heavy atom. The predicted molar refractivity (Wildman–Crippen MR) is 97.5 cm³/mol. The highest BCUT2D eigenvalue weighted by Crippen LogP contribution is 2.25. The zero-order valence-corrected chi connectivity index (χ0v) is 14.8. The van der Waals surface area contributed by atoms with Gasteiger partial charge in [0.15, 0.2) is 5.13 Å². The molecule has 1 aromatic carbocycles. The molecule has 2 N–H and O–H groups in total. The number of carbonyl (C=O) groups is 2. The summed E-state index contributed by atoms with van der Waals surface area (Å²) < 4.78 is 13.3. The highest BCUT2D eigenvalue weighted by Gasteiger charge is 2.12. The summed E-state index contributed by atoms with van der Waals surface area (Å²) in [5.74, 6) is -1.00. The third kappa shape index (κ3) is 4.49. The van der Waals surface area contributed by atoms with Crippen molar-refractivity contribution >= 4 is 39.6 Å². The Balaban J connectivity index is 1.56. The van der Waals surface area contributed by atoms with Crippen LogP contribution in [0.15, 0.2) is 41.8 Å². The SMILES string of the molecule is Cc1ccc(C(=O)NCC(=O)Nc2nc(-c3cccc(F)c3)cs2)s1. The van der Waals surface area contributed by atoms with Gasteiger partial charge in [0.1, 0.15) is 5.82 Å². The first-order chi connectivity index (χ1) is 12.0. The number of amides is 2. The maximum absolute atomic E-state index is 13.3. The number of anilines is 1. The van der Waals surface area contributed by atoms with Crippen LogP contribution in [-0.4, -0.2) is 23.3 Å². The van der Waals surface area contributed by atoms with Gasteiger partial charge in [0.2, 0.25) is 5.91 Å². The molecule has 0 fully saturated rings. The molecular weight excluding hydrogens is 361 g/mol. The van der Waals surface area contributed by atoms with Gasteiger partial charge < -0.3 is 10.6 Å². The van der Waals surface area contributed by atoms with E-state index in [0.29, 0.717) is 21.3 Å². The second-order valence-electron chi connectivity index (χ2n) is 5.19. The molecule has 0 saturated carbocycles. The first kappa shape index (κ1) is 17.2. The molecule has 3 rings (SSSR count). The lowest BCUT2D eigenvalue weighted by Crippen LogP contribution is -2.32. The molecule has 0 spiro atoms. The maximum atomic E-state index is 13.3. The highest BCUT2D eigenvalue weighted by molar-refractivity contribution is 7.14. The third-order valence-electron chi connectivity index (χ3n) is 3.24. The fourth-order valence-electron chi connectivity index (χ4n) is 2.08. The van der Waals surface area contributed by atoms with E-state index in [2.05, 4.69) is 15.6 Å². The predicted octanol–water partition coefficient (Wildman–Crippen LogP) is 3.69. The lowest BCUT2D eigenvalue weighted by atomic mass is 10.2. The minimum atomic E-state index is -0.373. The van der Waals surface area contributed by atoms with E-state index in [0.717, 1.165) is 4.88 Å². The van der Waals surface area contributed by atoms with Crippen molar-refractivity contribution in [3.8, 4) is 11.3 Å². The fourth-order valence-corrected chi connectivity index (χ4v) is 3.60. The zero-order chi connectivity index (χ0) is 17.8. The lowest BCUT2D eigenvalue weighted by molar-refractivity contribution is -0.115. The van der Waals surface area contributed by atoms with Crippen LogP contribution in [0, 0.1) is 12.7 Å². The van der Waals surface area contributed by atoms with Gasteiger partial charge >= 0.3 is 0 Å². The van der Waals surface area contributed by atoms with E-state index in [9.17, 15) is 14.0 Å². The summed E-state index contributed by atoms with van der Waals surface area (Å²) in [6, 6.07) is 9.65. The van der Waals surface area contributed by atoms with Gasteiger partial charge in [-0.05, 0) is 31.2 Å². The van der Waals surface area contributed by atoms with Gasteiger partial charge in [-0.15, -0.1) is 22.7 Å². The summed E-state index contributed by atoms with van der Waals surface area (Å²) in [6.45, 7) is 1.76. The number of thiazole rings is 1. The number of nitrogens with zero attached hydrogens (tertiary/aromatic N) is 1. The van der Waals surface area contributed by atoms with Gasteiger partial charge in [-0.25, -0.2) is 9.37 Å². The van der Waals surface area contributed by atoms with Crippen molar-refractivity contribution in [1.82, 2.24) is 10.3 Å². The summed E-state index contributed by atoms with van der Waals surface area (Å²) in [6.07, 6.45) is 0. The van der Waals surface area contributed by atoms with Crippen molar-refractivity contribution in [3.05, 3.63) is 57.3 Å². The topological polar surface area (TPSA) is 71.1 Å². The summed E-state index contributed by atoms with van der Waals surface area (Å²) in [4.78, 5) is 29.7. The lowest BCUT2D eigenvalue weighted by Gasteiger charge is -2.03. The molecule has 2 amide bonds. The number of aryl methyl sites for hydroxylation is 1. The van der Waals surface area contributed by atoms with Crippen LogP contribution >= 0.6 is 22.7 Å². The number of thiophene rings is 1. The van der Waals surface area contributed by atoms with Crippen LogP contribution in [0.2, 0.25) is 0 Å². The number of halogens is 1. The Morgan fingerprint density at radius 1 is 1.24 bits per heavy atom. The van der Waals surface area contributed by atoms with Crippen LogP contribution in [0.5, 0.6) is 0 Å². The number of aromatic nitrogens is 1. The van der Waals surface area contributed by atoms with Crippen molar-refractivity contribution in [1.29, 1.82) is 0 Å². The number of hydrogen-bond acceptors (Lipinski definition) is 5. The molecule has 0 aliphatic heterocycles. The Morgan fingerprint density at radius 3 is 2.80 bits per heavy atom. The molecule has 3 aromatic rings. The van der Waals surface area contributed by atoms with Gasteiger partial charge in [0, 0.05) is 15.8 Å². The molecular formula is C17H14FN3O2S2. The number of rotatable bonds is 5. The van der Waals surface area contributed by atoms with Gasteiger partial charge in [-0.3, -0.25) is 9.59 Å². The Bertz CT molecular complexity index is 920. The van der Waals surface area contributed by atoms with E-state index in [-0.39, 0.29) is 24.2 Å². The highest BCUT2D eigenvalue weighted by atomic mass is 32.1. The number of hydrogen-bond donors (Lipinski definition) is 2.